The van der Waals surface area contributed by atoms with E-state index in [0.717, 1.165) is 37.0 Å². The minimum atomic E-state index is 0.0864. The van der Waals surface area contributed by atoms with Gasteiger partial charge in [-0.2, -0.15) is 0 Å². The summed E-state index contributed by atoms with van der Waals surface area (Å²) in [6.45, 7) is 4.15. The molecule has 0 saturated carbocycles. The van der Waals surface area contributed by atoms with E-state index in [9.17, 15) is 9.59 Å². The van der Waals surface area contributed by atoms with Crippen LogP contribution in [0.4, 0.5) is 0 Å². The van der Waals surface area contributed by atoms with Crippen molar-refractivity contribution in [2.75, 3.05) is 0 Å². The molecule has 0 unspecified atom stereocenters. The summed E-state index contributed by atoms with van der Waals surface area (Å²) in [5.74, 6) is 0.175. The van der Waals surface area contributed by atoms with Crippen LogP contribution in [-0.2, 0) is 9.59 Å². The molecular formula is C14H19NO2. The summed E-state index contributed by atoms with van der Waals surface area (Å²) in [5, 5.41) is 0. The maximum absolute atomic E-state index is 12.2. The zero-order valence-electron chi connectivity index (χ0n) is 10.6. The van der Waals surface area contributed by atoms with E-state index >= 15 is 0 Å². The van der Waals surface area contributed by atoms with Crippen LogP contribution in [0.1, 0.15) is 52.4 Å². The molecule has 0 saturated heterocycles. The Morgan fingerprint density at radius 1 is 1.18 bits per heavy atom. The predicted molar refractivity (Wildman–Crippen MR) is 66.0 cm³/mol. The van der Waals surface area contributed by atoms with E-state index in [-0.39, 0.29) is 11.7 Å². The molecule has 92 valence electrons. The first-order valence-electron chi connectivity index (χ1n) is 6.50. The van der Waals surface area contributed by atoms with Crippen molar-refractivity contribution in [1.82, 2.24) is 4.90 Å². The Labute approximate surface area is 102 Å². The minimum Gasteiger partial charge on any atom is -0.287 e. The first-order valence-corrected chi connectivity index (χ1v) is 6.50. The van der Waals surface area contributed by atoms with Gasteiger partial charge in [-0.25, -0.2) is 0 Å². The third-order valence-corrected chi connectivity index (χ3v) is 3.30. The van der Waals surface area contributed by atoms with Gasteiger partial charge in [0.05, 0.1) is 5.70 Å². The average molecular weight is 233 g/mol. The highest BCUT2D eigenvalue weighted by Crippen LogP contribution is 2.36. The molecule has 0 fully saturated rings. The maximum Gasteiger partial charge on any atom is 0.231 e. The fraction of sp³-hybridized carbons (Fsp3) is 0.571. The summed E-state index contributed by atoms with van der Waals surface area (Å²) in [5.41, 5.74) is 2.46. The quantitative estimate of drug-likeness (QED) is 0.748. The summed E-state index contributed by atoms with van der Waals surface area (Å²) < 4.78 is 0. The van der Waals surface area contributed by atoms with Gasteiger partial charge in [-0.3, -0.25) is 14.5 Å². The fourth-order valence-electron chi connectivity index (χ4n) is 2.59. The summed E-state index contributed by atoms with van der Waals surface area (Å²) >= 11 is 0. The number of ketones is 1. The molecular weight excluding hydrogens is 214 g/mol. The molecule has 0 radical (unpaired) electrons. The fourth-order valence-corrected chi connectivity index (χ4v) is 2.59. The third-order valence-electron chi connectivity index (χ3n) is 3.30. The molecule has 0 spiro atoms. The molecule has 0 N–H and O–H groups in total. The summed E-state index contributed by atoms with van der Waals surface area (Å²) in [7, 11) is 0. The molecule has 2 rings (SSSR count). The van der Waals surface area contributed by atoms with Crippen molar-refractivity contribution < 1.29 is 9.59 Å². The third kappa shape index (κ3) is 1.94. The molecule has 0 atom stereocenters. The van der Waals surface area contributed by atoms with Crippen LogP contribution in [-0.4, -0.2) is 16.6 Å². The van der Waals surface area contributed by atoms with E-state index in [4.69, 9.17) is 0 Å². The second kappa shape index (κ2) is 4.86. The number of carbonyl (C=O) groups excluding carboxylic acids is 2. The minimum absolute atomic E-state index is 0.0864. The molecule has 3 nitrogen and oxygen atoms in total. The zero-order chi connectivity index (χ0) is 12.4. The van der Waals surface area contributed by atoms with Crippen molar-refractivity contribution in [2.24, 2.45) is 0 Å². The highest BCUT2D eigenvalue weighted by Gasteiger charge is 2.38. The van der Waals surface area contributed by atoms with E-state index in [1.165, 1.54) is 0 Å². The van der Waals surface area contributed by atoms with Crippen LogP contribution in [0.3, 0.4) is 0 Å². The number of rotatable bonds is 4. The lowest BCUT2D eigenvalue weighted by Gasteiger charge is -2.24. The highest BCUT2D eigenvalue weighted by molar-refractivity contribution is 6.14. The smallest absolute Gasteiger partial charge is 0.231 e. The Morgan fingerprint density at radius 3 is 2.53 bits per heavy atom. The van der Waals surface area contributed by atoms with Gasteiger partial charge in [0.15, 0.2) is 0 Å². The molecule has 2 aliphatic heterocycles. The highest BCUT2D eigenvalue weighted by atomic mass is 16.2. The summed E-state index contributed by atoms with van der Waals surface area (Å²) in [4.78, 5) is 25.9. The molecule has 3 heteroatoms. The van der Waals surface area contributed by atoms with Crippen LogP contribution >= 0.6 is 0 Å². The van der Waals surface area contributed by atoms with Gasteiger partial charge in [-0.1, -0.05) is 32.8 Å². The van der Waals surface area contributed by atoms with Crippen LogP contribution in [0.15, 0.2) is 23.0 Å². The molecule has 17 heavy (non-hydrogen) atoms. The van der Waals surface area contributed by atoms with Crippen LogP contribution in [0.5, 0.6) is 0 Å². The van der Waals surface area contributed by atoms with Gasteiger partial charge in [0.1, 0.15) is 0 Å². The van der Waals surface area contributed by atoms with Crippen molar-refractivity contribution in [1.29, 1.82) is 0 Å². The number of hydrogen-bond donors (Lipinski definition) is 0. The van der Waals surface area contributed by atoms with E-state index in [1.807, 2.05) is 6.08 Å². The standard InChI is InChI=1S/C14H19NO2/c1-3-6-10-11(7-4-2)15-12(14(10)17)8-5-9-13(15)16/h8H,3-7,9H2,1-2H3. The van der Waals surface area contributed by atoms with Crippen LogP contribution in [0.25, 0.3) is 0 Å². The number of allylic oxidation sites excluding steroid dienone is 3. The Bertz CT molecular complexity index is 418. The van der Waals surface area contributed by atoms with Gasteiger partial charge in [0, 0.05) is 17.7 Å². The van der Waals surface area contributed by atoms with E-state index in [0.29, 0.717) is 18.5 Å². The van der Waals surface area contributed by atoms with E-state index in [1.54, 1.807) is 4.90 Å². The Kier molecular flexibility index (Phi) is 3.46. The van der Waals surface area contributed by atoms with E-state index in [2.05, 4.69) is 13.8 Å². The molecule has 1 amide bonds. The van der Waals surface area contributed by atoms with Crippen LogP contribution in [0, 0.1) is 0 Å². The predicted octanol–water partition coefficient (Wildman–Crippen LogP) is 2.93. The zero-order valence-corrected chi connectivity index (χ0v) is 10.6. The number of carbonyl (C=O) groups is 2. The normalized spacial score (nSPS) is 19.9. The molecule has 0 aromatic heterocycles. The van der Waals surface area contributed by atoms with Gasteiger partial charge in [0.2, 0.25) is 11.7 Å². The van der Waals surface area contributed by atoms with Crippen LogP contribution in [0.2, 0.25) is 0 Å². The number of hydrogen-bond acceptors (Lipinski definition) is 2. The number of Topliss-reactive ketones (excluding diaryl/α,β-unsaturated/α-hetero) is 1. The van der Waals surface area contributed by atoms with Crippen molar-refractivity contribution in [2.45, 2.75) is 52.4 Å². The van der Waals surface area contributed by atoms with Gasteiger partial charge in [-0.05, 0) is 19.3 Å². The van der Waals surface area contributed by atoms with Crippen molar-refractivity contribution >= 4 is 11.7 Å². The number of fused-ring (bicyclic) bond motifs is 1. The van der Waals surface area contributed by atoms with Crippen LogP contribution < -0.4 is 0 Å². The second-order valence-electron chi connectivity index (χ2n) is 4.61. The van der Waals surface area contributed by atoms with Gasteiger partial charge >= 0.3 is 0 Å². The number of amides is 1. The lowest BCUT2D eigenvalue weighted by molar-refractivity contribution is -0.129. The first-order chi connectivity index (χ1) is 8.20. The second-order valence-corrected chi connectivity index (χ2v) is 4.61. The maximum atomic E-state index is 12.2. The Balaban J connectivity index is 2.43. The molecule has 2 aliphatic rings. The van der Waals surface area contributed by atoms with E-state index < -0.39 is 0 Å². The monoisotopic (exact) mass is 233 g/mol. The van der Waals surface area contributed by atoms with Gasteiger partial charge in [-0.15, -0.1) is 0 Å². The Morgan fingerprint density at radius 2 is 1.88 bits per heavy atom. The molecule has 0 aromatic rings. The van der Waals surface area contributed by atoms with Crippen molar-refractivity contribution in [3.05, 3.63) is 23.0 Å². The topological polar surface area (TPSA) is 37.4 Å². The molecule has 0 bridgehead atoms. The number of nitrogens with zero attached hydrogens (tertiary/aromatic N) is 1. The molecule has 0 aromatic carbocycles. The van der Waals surface area contributed by atoms with Crippen molar-refractivity contribution in [3.8, 4) is 0 Å². The first kappa shape index (κ1) is 12.1. The molecule has 0 aliphatic carbocycles. The lowest BCUT2D eigenvalue weighted by Crippen LogP contribution is -2.30. The van der Waals surface area contributed by atoms with Gasteiger partial charge < -0.3 is 0 Å². The summed E-state index contributed by atoms with van der Waals surface area (Å²) in [6.07, 6.45) is 6.68. The average Bonchev–Trinajstić information content (AvgIpc) is 2.57. The van der Waals surface area contributed by atoms with Crippen molar-refractivity contribution in [3.63, 3.8) is 0 Å². The lowest BCUT2D eigenvalue weighted by atomic mass is 10.0. The largest absolute Gasteiger partial charge is 0.287 e. The summed E-state index contributed by atoms with van der Waals surface area (Å²) in [6, 6.07) is 0. The van der Waals surface area contributed by atoms with Gasteiger partial charge in [0.25, 0.3) is 0 Å². The molecule has 2 heterocycles. The SMILES string of the molecule is CCCC1=C(CCC)N2C(=O)CCC=C2C1=O. The Hall–Kier alpha value is -1.38.